The summed E-state index contributed by atoms with van der Waals surface area (Å²) in [6.07, 6.45) is 3.85. The molecule has 0 aliphatic carbocycles. The average molecular weight is 336 g/mol. The SMILES string of the molecule is Cc1cc(N2CCC3CCN(C(=O)c4ccccc4C)C3C2)ncn1. The molecular weight excluding hydrogens is 312 g/mol. The molecule has 2 fully saturated rings. The van der Waals surface area contributed by atoms with Crippen LogP contribution in [0.1, 0.15) is 34.5 Å². The molecule has 5 heteroatoms. The number of carbonyl (C=O) groups excluding carboxylic acids is 1. The van der Waals surface area contributed by atoms with Gasteiger partial charge in [-0.05, 0) is 44.2 Å². The highest BCUT2D eigenvalue weighted by Gasteiger charge is 2.41. The lowest BCUT2D eigenvalue weighted by atomic mass is 9.92. The standard InChI is InChI=1S/C20H24N4O/c1-14-5-3-4-6-17(14)20(25)24-10-8-16-7-9-23(12-18(16)24)19-11-15(2)21-13-22-19/h3-6,11,13,16,18H,7-10,12H2,1-2H3. The van der Waals surface area contributed by atoms with Gasteiger partial charge in [0, 0.05) is 37.0 Å². The first kappa shape index (κ1) is 16.1. The predicted octanol–water partition coefficient (Wildman–Crippen LogP) is 2.83. The van der Waals surface area contributed by atoms with E-state index in [1.54, 1.807) is 6.33 Å². The second-order valence-corrected chi connectivity index (χ2v) is 7.18. The Bertz CT molecular complexity index is 791. The summed E-state index contributed by atoms with van der Waals surface area (Å²) in [4.78, 5) is 26.1. The van der Waals surface area contributed by atoms with Gasteiger partial charge in [0.2, 0.25) is 0 Å². The van der Waals surface area contributed by atoms with Crippen molar-refractivity contribution in [1.82, 2.24) is 14.9 Å². The van der Waals surface area contributed by atoms with Crippen molar-refractivity contribution in [1.29, 1.82) is 0 Å². The van der Waals surface area contributed by atoms with E-state index in [9.17, 15) is 4.79 Å². The molecule has 3 heterocycles. The Morgan fingerprint density at radius 3 is 2.72 bits per heavy atom. The van der Waals surface area contributed by atoms with E-state index < -0.39 is 0 Å². The summed E-state index contributed by atoms with van der Waals surface area (Å²) >= 11 is 0. The smallest absolute Gasteiger partial charge is 0.254 e. The van der Waals surface area contributed by atoms with Crippen LogP contribution in [0, 0.1) is 19.8 Å². The number of rotatable bonds is 2. The van der Waals surface area contributed by atoms with Crippen LogP contribution in [0.3, 0.4) is 0 Å². The molecule has 2 atom stereocenters. The van der Waals surface area contributed by atoms with Gasteiger partial charge in [0.25, 0.3) is 5.91 Å². The number of anilines is 1. The molecule has 0 N–H and O–H groups in total. The van der Waals surface area contributed by atoms with Crippen LogP contribution in [0.25, 0.3) is 0 Å². The van der Waals surface area contributed by atoms with Gasteiger partial charge in [-0.1, -0.05) is 18.2 Å². The van der Waals surface area contributed by atoms with Crippen molar-refractivity contribution in [2.75, 3.05) is 24.5 Å². The number of piperidine rings is 1. The third-order valence-corrected chi connectivity index (χ3v) is 5.61. The summed E-state index contributed by atoms with van der Waals surface area (Å²) in [6, 6.07) is 10.2. The number of aryl methyl sites for hydroxylation is 2. The number of hydrogen-bond donors (Lipinski definition) is 0. The van der Waals surface area contributed by atoms with Crippen LogP contribution >= 0.6 is 0 Å². The Hall–Kier alpha value is -2.43. The fourth-order valence-corrected chi connectivity index (χ4v) is 4.18. The third kappa shape index (κ3) is 2.99. The largest absolute Gasteiger partial charge is 0.354 e. The molecule has 0 saturated carbocycles. The minimum atomic E-state index is 0.173. The van der Waals surface area contributed by atoms with Crippen LogP contribution in [0.2, 0.25) is 0 Å². The fourth-order valence-electron chi connectivity index (χ4n) is 4.18. The van der Waals surface area contributed by atoms with Crippen LogP contribution in [0.15, 0.2) is 36.7 Å². The summed E-state index contributed by atoms with van der Waals surface area (Å²) in [5.74, 6) is 1.75. The van der Waals surface area contributed by atoms with E-state index >= 15 is 0 Å². The third-order valence-electron chi connectivity index (χ3n) is 5.61. The van der Waals surface area contributed by atoms with Gasteiger partial charge in [-0.3, -0.25) is 4.79 Å². The molecule has 2 aliphatic rings. The molecule has 1 aromatic heterocycles. The molecule has 5 nitrogen and oxygen atoms in total. The van der Waals surface area contributed by atoms with Gasteiger partial charge in [-0.15, -0.1) is 0 Å². The maximum absolute atomic E-state index is 13.1. The summed E-state index contributed by atoms with van der Waals surface area (Å²) in [7, 11) is 0. The van der Waals surface area contributed by atoms with Gasteiger partial charge in [0.15, 0.2) is 0 Å². The average Bonchev–Trinajstić information content (AvgIpc) is 3.04. The highest BCUT2D eigenvalue weighted by Crippen LogP contribution is 2.34. The lowest BCUT2D eigenvalue weighted by Gasteiger charge is -2.39. The Kier molecular flexibility index (Phi) is 4.15. The molecule has 1 amide bonds. The number of aromatic nitrogens is 2. The molecule has 0 radical (unpaired) electrons. The van der Waals surface area contributed by atoms with Gasteiger partial charge in [-0.25, -0.2) is 9.97 Å². The second kappa shape index (κ2) is 6.47. The lowest BCUT2D eigenvalue weighted by Crippen LogP contribution is -2.50. The van der Waals surface area contributed by atoms with E-state index in [-0.39, 0.29) is 11.9 Å². The number of nitrogens with zero attached hydrogens (tertiary/aromatic N) is 4. The minimum absolute atomic E-state index is 0.173. The molecule has 2 aromatic rings. The van der Waals surface area contributed by atoms with Crippen molar-refractivity contribution >= 4 is 11.7 Å². The maximum Gasteiger partial charge on any atom is 0.254 e. The van der Waals surface area contributed by atoms with Crippen LogP contribution in [-0.2, 0) is 0 Å². The molecular formula is C20H24N4O. The molecule has 2 aliphatic heterocycles. The molecule has 2 saturated heterocycles. The van der Waals surface area contributed by atoms with Gasteiger partial charge in [-0.2, -0.15) is 0 Å². The zero-order valence-electron chi connectivity index (χ0n) is 14.9. The number of fused-ring (bicyclic) bond motifs is 1. The number of benzene rings is 1. The number of carbonyl (C=O) groups is 1. The monoisotopic (exact) mass is 336 g/mol. The first-order chi connectivity index (χ1) is 12.1. The summed E-state index contributed by atoms with van der Waals surface area (Å²) < 4.78 is 0. The van der Waals surface area contributed by atoms with E-state index in [4.69, 9.17) is 0 Å². The highest BCUT2D eigenvalue weighted by molar-refractivity contribution is 5.96. The zero-order valence-corrected chi connectivity index (χ0v) is 14.9. The van der Waals surface area contributed by atoms with Crippen LogP contribution in [-0.4, -0.2) is 46.5 Å². The number of likely N-dealkylation sites (tertiary alicyclic amines) is 1. The maximum atomic E-state index is 13.1. The molecule has 2 unspecified atom stereocenters. The van der Waals surface area contributed by atoms with Crippen molar-refractivity contribution < 1.29 is 4.79 Å². The molecule has 1 aromatic carbocycles. The van der Waals surface area contributed by atoms with Gasteiger partial charge in [0.1, 0.15) is 12.1 Å². The molecule has 0 spiro atoms. The lowest BCUT2D eigenvalue weighted by molar-refractivity contribution is 0.0711. The topological polar surface area (TPSA) is 49.3 Å². The van der Waals surface area contributed by atoms with Crippen molar-refractivity contribution in [3.63, 3.8) is 0 Å². The molecule has 25 heavy (non-hydrogen) atoms. The zero-order chi connectivity index (χ0) is 17.4. The van der Waals surface area contributed by atoms with Gasteiger partial charge >= 0.3 is 0 Å². The van der Waals surface area contributed by atoms with E-state index in [0.29, 0.717) is 5.92 Å². The van der Waals surface area contributed by atoms with E-state index in [2.05, 4.69) is 19.8 Å². The summed E-state index contributed by atoms with van der Waals surface area (Å²) in [6.45, 7) is 6.72. The normalized spacial score (nSPS) is 22.8. The fraction of sp³-hybridized carbons (Fsp3) is 0.450. The van der Waals surface area contributed by atoms with Crippen LogP contribution < -0.4 is 4.90 Å². The summed E-state index contributed by atoms with van der Waals surface area (Å²) in [5, 5.41) is 0. The van der Waals surface area contributed by atoms with Crippen molar-refractivity contribution in [2.45, 2.75) is 32.7 Å². The molecule has 130 valence electrons. The van der Waals surface area contributed by atoms with E-state index in [1.807, 2.05) is 44.2 Å². The van der Waals surface area contributed by atoms with Crippen LogP contribution in [0.5, 0.6) is 0 Å². The predicted molar refractivity (Wildman–Crippen MR) is 97.7 cm³/mol. The van der Waals surface area contributed by atoms with E-state index in [0.717, 1.165) is 55.1 Å². The van der Waals surface area contributed by atoms with E-state index in [1.165, 1.54) is 0 Å². The Morgan fingerprint density at radius 1 is 1.12 bits per heavy atom. The van der Waals surface area contributed by atoms with Gasteiger partial charge in [0.05, 0.1) is 6.04 Å². The second-order valence-electron chi connectivity index (χ2n) is 7.18. The highest BCUT2D eigenvalue weighted by atomic mass is 16.2. The van der Waals surface area contributed by atoms with Crippen molar-refractivity contribution in [3.8, 4) is 0 Å². The summed E-state index contributed by atoms with van der Waals surface area (Å²) in [5.41, 5.74) is 2.86. The Labute approximate surface area is 148 Å². The van der Waals surface area contributed by atoms with Crippen LogP contribution in [0.4, 0.5) is 5.82 Å². The van der Waals surface area contributed by atoms with Crippen molar-refractivity contribution in [3.05, 3.63) is 53.5 Å². The molecule has 4 rings (SSSR count). The Balaban J connectivity index is 1.56. The Morgan fingerprint density at radius 2 is 1.92 bits per heavy atom. The molecule has 0 bridgehead atoms. The quantitative estimate of drug-likeness (QED) is 0.846. The first-order valence-corrected chi connectivity index (χ1v) is 9.03. The van der Waals surface area contributed by atoms with Gasteiger partial charge < -0.3 is 9.80 Å². The minimum Gasteiger partial charge on any atom is -0.354 e. The number of amides is 1. The first-order valence-electron chi connectivity index (χ1n) is 9.03. The number of hydrogen-bond acceptors (Lipinski definition) is 4. The van der Waals surface area contributed by atoms with Crippen molar-refractivity contribution in [2.24, 2.45) is 5.92 Å².